The molecule has 2 saturated carbocycles. The normalized spacial score (nSPS) is 35.1. The van der Waals surface area contributed by atoms with E-state index in [1.807, 2.05) is 19.1 Å². The second-order valence-corrected chi connectivity index (χ2v) is 9.76. The van der Waals surface area contributed by atoms with E-state index in [2.05, 4.69) is 11.6 Å². The third-order valence-electron chi connectivity index (χ3n) is 7.31. The molecule has 7 heteroatoms. The lowest BCUT2D eigenvalue weighted by atomic mass is 9.55. The first-order valence-corrected chi connectivity index (χ1v) is 11.4. The van der Waals surface area contributed by atoms with Crippen LogP contribution in [0, 0.1) is 17.3 Å². The van der Waals surface area contributed by atoms with Gasteiger partial charge in [0, 0.05) is 0 Å². The smallest absolute Gasteiger partial charge is 0.357 e. The first kappa shape index (κ1) is 19.0. The van der Waals surface area contributed by atoms with Crippen molar-refractivity contribution in [2.45, 2.75) is 64.4 Å². The summed E-state index contributed by atoms with van der Waals surface area (Å²) in [7, 11) is -4.35. The summed E-state index contributed by atoms with van der Waals surface area (Å²) in [6, 6.07) is 3.79. The van der Waals surface area contributed by atoms with Crippen LogP contribution in [0.3, 0.4) is 0 Å². The van der Waals surface area contributed by atoms with Crippen LogP contribution in [0.15, 0.2) is 12.1 Å². The molecule has 1 aromatic carbocycles. The highest BCUT2D eigenvalue weighted by Crippen LogP contribution is 2.61. The molecule has 0 bridgehead atoms. The number of aliphatic hydroxyl groups is 1. The number of aryl methyl sites for hydroxylation is 1. The van der Waals surface area contributed by atoms with E-state index < -0.39 is 10.3 Å². The Morgan fingerprint density at radius 3 is 2.74 bits per heavy atom. The Morgan fingerprint density at radius 1 is 1.26 bits per heavy atom. The van der Waals surface area contributed by atoms with Crippen LogP contribution in [0.2, 0.25) is 0 Å². The highest BCUT2D eigenvalue weighted by molar-refractivity contribution is 7.87. The monoisotopic (exact) mass is 395 g/mol. The zero-order chi connectivity index (χ0) is 19.4. The molecule has 1 aromatic rings. The molecular weight excluding hydrogens is 366 g/mol. The molecule has 3 aliphatic carbocycles. The molecule has 3 unspecified atom stereocenters. The second kappa shape index (κ2) is 6.64. The molecule has 0 heterocycles. The Morgan fingerprint density at radius 2 is 2.04 bits per heavy atom. The molecule has 150 valence electrons. The highest BCUT2D eigenvalue weighted by Gasteiger charge is 2.54. The molecule has 2 fully saturated rings. The number of hydrogen-bond acceptors (Lipinski definition) is 4. The molecule has 0 saturated heterocycles. The van der Waals surface area contributed by atoms with E-state index in [0.717, 1.165) is 44.1 Å². The zero-order valence-electron chi connectivity index (χ0n) is 15.9. The van der Waals surface area contributed by atoms with Gasteiger partial charge in [-0.05, 0) is 91.9 Å². The lowest BCUT2D eigenvalue weighted by molar-refractivity contribution is -0.0226. The summed E-state index contributed by atoms with van der Waals surface area (Å²) in [5, 5.41) is 10.5. The Labute approximate surface area is 161 Å². The maximum Gasteiger partial charge on any atom is 0.357 e. The number of ether oxygens (including phenoxy) is 1. The lowest BCUT2D eigenvalue weighted by Gasteiger charge is -2.50. The van der Waals surface area contributed by atoms with Gasteiger partial charge >= 0.3 is 10.3 Å². The number of anilines is 1. The van der Waals surface area contributed by atoms with Gasteiger partial charge in [-0.25, -0.2) is 0 Å². The lowest BCUT2D eigenvalue weighted by Crippen LogP contribution is -2.43. The van der Waals surface area contributed by atoms with E-state index in [1.54, 1.807) is 0 Å². The molecule has 5 atom stereocenters. The number of rotatable bonds is 4. The van der Waals surface area contributed by atoms with Crippen molar-refractivity contribution in [3.05, 3.63) is 23.3 Å². The molecule has 0 amide bonds. The van der Waals surface area contributed by atoms with Crippen molar-refractivity contribution in [3.63, 3.8) is 0 Å². The van der Waals surface area contributed by atoms with Gasteiger partial charge in [-0.1, -0.05) is 6.92 Å². The number of benzene rings is 1. The molecular formula is C20H29NO5S. The zero-order valence-corrected chi connectivity index (χ0v) is 16.8. The van der Waals surface area contributed by atoms with Gasteiger partial charge in [0.2, 0.25) is 0 Å². The SMILES string of the molecule is CCOc1cc2c(cc1NS(=O)(=O)O)CCC1C2CC[C@@]2(C)C1CC[C@@H]2O. The Balaban J connectivity index is 1.71. The molecule has 0 spiro atoms. The largest absolute Gasteiger partial charge is 0.492 e. The van der Waals surface area contributed by atoms with Crippen molar-refractivity contribution in [1.29, 1.82) is 0 Å². The van der Waals surface area contributed by atoms with Gasteiger partial charge in [-0.3, -0.25) is 9.27 Å². The molecule has 27 heavy (non-hydrogen) atoms. The minimum atomic E-state index is -4.35. The van der Waals surface area contributed by atoms with Crippen LogP contribution in [-0.2, 0) is 16.7 Å². The van der Waals surface area contributed by atoms with Crippen molar-refractivity contribution in [2.24, 2.45) is 17.3 Å². The van der Waals surface area contributed by atoms with Crippen LogP contribution in [0.5, 0.6) is 5.75 Å². The fourth-order valence-corrected chi connectivity index (χ4v) is 6.50. The van der Waals surface area contributed by atoms with Crippen molar-refractivity contribution in [2.75, 3.05) is 11.3 Å². The van der Waals surface area contributed by atoms with Crippen molar-refractivity contribution in [3.8, 4) is 5.75 Å². The molecule has 0 aromatic heterocycles. The summed E-state index contributed by atoms with van der Waals surface area (Å²) in [5.74, 6) is 2.00. The molecule has 0 aliphatic heterocycles. The van der Waals surface area contributed by atoms with Crippen LogP contribution in [0.4, 0.5) is 5.69 Å². The minimum Gasteiger partial charge on any atom is -0.492 e. The third kappa shape index (κ3) is 3.23. The summed E-state index contributed by atoms with van der Waals surface area (Å²) in [6.07, 6.45) is 5.81. The Hall–Kier alpha value is -1.31. The van der Waals surface area contributed by atoms with E-state index in [4.69, 9.17) is 4.74 Å². The Kier molecular flexibility index (Phi) is 4.68. The standard InChI is InChI=1S/C20H29NO5S/c1-3-26-18-11-15-12(10-17(18)21-27(23,24)25)4-5-14-13(15)8-9-20(2)16(14)6-7-19(20)22/h10-11,13-14,16,19,21-22H,3-9H2,1-2H3,(H,23,24,25)/t13?,14?,16?,19-,20-/m0/s1. The van der Waals surface area contributed by atoms with Gasteiger partial charge < -0.3 is 9.84 Å². The van der Waals surface area contributed by atoms with Gasteiger partial charge in [0.25, 0.3) is 0 Å². The van der Waals surface area contributed by atoms with E-state index in [9.17, 15) is 18.1 Å². The number of nitrogens with one attached hydrogen (secondary N) is 1. The van der Waals surface area contributed by atoms with E-state index in [1.165, 1.54) is 5.56 Å². The quantitative estimate of drug-likeness (QED) is 0.678. The number of hydrogen-bond donors (Lipinski definition) is 3. The Bertz CT molecular complexity index is 839. The summed E-state index contributed by atoms with van der Waals surface area (Å²) in [4.78, 5) is 0. The third-order valence-corrected chi connectivity index (χ3v) is 7.79. The van der Waals surface area contributed by atoms with Gasteiger partial charge in [0.15, 0.2) is 0 Å². The first-order valence-electron chi connectivity index (χ1n) is 9.96. The minimum absolute atomic E-state index is 0.0356. The van der Waals surface area contributed by atoms with Crippen molar-refractivity contribution >= 4 is 16.0 Å². The molecule has 3 aliphatic rings. The van der Waals surface area contributed by atoms with Crippen molar-refractivity contribution in [1.82, 2.24) is 0 Å². The number of aliphatic hydroxyl groups excluding tert-OH is 1. The fraction of sp³-hybridized carbons (Fsp3) is 0.700. The highest BCUT2D eigenvalue weighted by atomic mass is 32.2. The average molecular weight is 396 g/mol. The van der Waals surface area contributed by atoms with Gasteiger partial charge in [0.05, 0.1) is 18.4 Å². The van der Waals surface area contributed by atoms with Crippen LogP contribution >= 0.6 is 0 Å². The molecule has 3 N–H and O–H groups in total. The van der Waals surface area contributed by atoms with E-state index >= 15 is 0 Å². The summed E-state index contributed by atoms with van der Waals surface area (Å²) in [5.41, 5.74) is 2.72. The first-order chi connectivity index (χ1) is 12.7. The molecule has 4 rings (SSSR count). The van der Waals surface area contributed by atoms with E-state index in [0.29, 0.717) is 35.8 Å². The summed E-state index contributed by atoms with van der Waals surface area (Å²) in [6.45, 7) is 4.52. The average Bonchev–Trinajstić information content (AvgIpc) is 2.89. The van der Waals surface area contributed by atoms with Crippen LogP contribution in [-0.4, -0.2) is 30.8 Å². The maximum atomic E-state index is 11.3. The summed E-state index contributed by atoms with van der Waals surface area (Å²) >= 11 is 0. The molecule has 0 radical (unpaired) electrons. The van der Waals surface area contributed by atoms with Crippen LogP contribution in [0.1, 0.15) is 63.0 Å². The van der Waals surface area contributed by atoms with Crippen LogP contribution < -0.4 is 9.46 Å². The second-order valence-electron chi connectivity index (χ2n) is 8.61. The maximum absolute atomic E-state index is 11.3. The molecule has 6 nitrogen and oxygen atoms in total. The van der Waals surface area contributed by atoms with Crippen molar-refractivity contribution < 1.29 is 22.8 Å². The van der Waals surface area contributed by atoms with Gasteiger partial charge in [0.1, 0.15) is 5.75 Å². The predicted octanol–water partition coefficient (Wildman–Crippen LogP) is 3.52. The van der Waals surface area contributed by atoms with Crippen LogP contribution in [0.25, 0.3) is 0 Å². The topological polar surface area (TPSA) is 95.9 Å². The van der Waals surface area contributed by atoms with E-state index in [-0.39, 0.29) is 11.5 Å². The number of fused-ring (bicyclic) bond motifs is 5. The van der Waals surface area contributed by atoms with Gasteiger partial charge in [-0.2, -0.15) is 8.42 Å². The fourth-order valence-electron chi connectivity index (χ4n) is 6.07. The predicted molar refractivity (Wildman–Crippen MR) is 103 cm³/mol. The summed E-state index contributed by atoms with van der Waals surface area (Å²) < 4.78 is 39.7. The van der Waals surface area contributed by atoms with Gasteiger partial charge in [-0.15, -0.1) is 0 Å².